The standard InChI is InChI=1S/C11H23NO2/c1-4-6-11(8-12,10(13)14)7-9(3)5-2/h9H,4-8,12H2,1-3H3,(H,13,14). The fourth-order valence-corrected chi connectivity index (χ4v) is 1.86. The lowest BCUT2D eigenvalue weighted by molar-refractivity contribution is -0.150. The first-order chi connectivity index (χ1) is 6.52. The molecule has 0 aliphatic heterocycles. The van der Waals surface area contributed by atoms with Gasteiger partial charge < -0.3 is 10.8 Å². The highest BCUT2D eigenvalue weighted by atomic mass is 16.4. The van der Waals surface area contributed by atoms with Crippen molar-refractivity contribution in [1.82, 2.24) is 0 Å². The second kappa shape index (κ2) is 6.02. The van der Waals surface area contributed by atoms with Crippen molar-refractivity contribution in [2.45, 2.75) is 46.5 Å². The summed E-state index contributed by atoms with van der Waals surface area (Å²) >= 11 is 0. The molecule has 3 heteroatoms. The third-order valence-corrected chi connectivity index (χ3v) is 3.01. The first-order valence-electron chi connectivity index (χ1n) is 5.45. The number of hydrogen-bond donors (Lipinski definition) is 2. The van der Waals surface area contributed by atoms with Gasteiger partial charge in [0.2, 0.25) is 0 Å². The molecule has 0 aromatic heterocycles. The van der Waals surface area contributed by atoms with E-state index in [9.17, 15) is 9.90 Å². The van der Waals surface area contributed by atoms with Crippen LogP contribution >= 0.6 is 0 Å². The fraction of sp³-hybridized carbons (Fsp3) is 0.909. The van der Waals surface area contributed by atoms with Crippen molar-refractivity contribution in [3.8, 4) is 0 Å². The summed E-state index contributed by atoms with van der Waals surface area (Å²) in [5.74, 6) is -0.302. The molecule has 2 unspecified atom stereocenters. The molecule has 0 amide bonds. The number of hydrogen-bond acceptors (Lipinski definition) is 2. The predicted octanol–water partition coefficient (Wildman–Crippen LogP) is 2.25. The van der Waals surface area contributed by atoms with E-state index in [1.54, 1.807) is 0 Å². The Morgan fingerprint density at radius 1 is 1.50 bits per heavy atom. The van der Waals surface area contributed by atoms with Crippen LogP contribution in [0.1, 0.15) is 46.5 Å². The van der Waals surface area contributed by atoms with Crippen LogP contribution in [0.3, 0.4) is 0 Å². The van der Waals surface area contributed by atoms with Gasteiger partial charge in [-0.15, -0.1) is 0 Å². The molecule has 0 heterocycles. The molecule has 0 aliphatic carbocycles. The van der Waals surface area contributed by atoms with Gasteiger partial charge in [0, 0.05) is 6.54 Å². The topological polar surface area (TPSA) is 63.3 Å². The van der Waals surface area contributed by atoms with Gasteiger partial charge in [-0.2, -0.15) is 0 Å². The first kappa shape index (κ1) is 13.4. The zero-order valence-electron chi connectivity index (χ0n) is 9.55. The zero-order chi connectivity index (χ0) is 11.2. The van der Waals surface area contributed by atoms with Gasteiger partial charge in [-0.25, -0.2) is 0 Å². The van der Waals surface area contributed by atoms with Crippen molar-refractivity contribution < 1.29 is 9.90 Å². The number of carbonyl (C=O) groups is 1. The number of nitrogens with two attached hydrogens (primary N) is 1. The molecule has 14 heavy (non-hydrogen) atoms. The van der Waals surface area contributed by atoms with E-state index in [2.05, 4.69) is 13.8 Å². The minimum atomic E-state index is -0.734. The summed E-state index contributed by atoms with van der Waals surface area (Å²) in [7, 11) is 0. The maximum Gasteiger partial charge on any atom is 0.310 e. The van der Waals surface area contributed by atoms with E-state index in [-0.39, 0.29) is 6.54 Å². The summed E-state index contributed by atoms with van der Waals surface area (Å²) < 4.78 is 0. The lowest BCUT2D eigenvalue weighted by Crippen LogP contribution is -2.40. The second-order valence-corrected chi connectivity index (χ2v) is 4.26. The average Bonchev–Trinajstić information content (AvgIpc) is 2.16. The highest BCUT2D eigenvalue weighted by Gasteiger charge is 2.37. The summed E-state index contributed by atoms with van der Waals surface area (Å²) in [5.41, 5.74) is 4.93. The third kappa shape index (κ3) is 3.29. The minimum Gasteiger partial charge on any atom is -0.481 e. The molecule has 0 aliphatic rings. The summed E-state index contributed by atoms with van der Waals surface area (Å²) in [6.45, 7) is 6.42. The van der Waals surface area contributed by atoms with E-state index in [1.807, 2.05) is 6.92 Å². The van der Waals surface area contributed by atoms with Crippen molar-refractivity contribution in [1.29, 1.82) is 0 Å². The van der Waals surface area contributed by atoms with Crippen molar-refractivity contribution in [3.05, 3.63) is 0 Å². The van der Waals surface area contributed by atoms with Crippen LogP contribution in [0.2, 0.25) is 0 Å². The molecule has 2 atom stereocenters. The van der Waals surface area contributed by atoms with Crippen molar-refractivity contribution >= 4 is 5.97 Å². The van der Waals surface area contributed by atoms with Gasteiger partial charge in [0.25, 0.3) is 0 Å². The molecule has 0 rings (SSSR count). The maximum absolute atomic E-state index is 11.2. The highest BCUT2D eigenvalue weighted by Crippen LogP contribution is 2.32. The fourth-order valence-electron chi connectivity index (χ4n) is 1.86. The van der Waals surface area contributed by atoms with Crippen molar-refractivity contribution in [2.24, 2.45) is 17.1 Å². The number of carboxylic acid groups (broad SMARTS) is 1. The Hall–Kier alpha value is -0.570. The van der Waals surface area contributed by atoms with Crippen LogP contribution in [0.4, 0.5) is 0 Å². The summed E-state index contributed by atoms with van der Waals surface area (Å²) in [5, 5.41) is 9.22. The summed E-state index contributed by atoms with van der Waals surface area (Å²) in [6.07, 6.45) is 3.27. The largest absolute Gasteiger partial charge is 0.481 e. The SMILES string of the molecule is CCCC(CN)(CC(C)CC)C(=O)O. The van der Waals surface area contributed by atoms with Gasteiger partial charge >= 0.3 is 5.97 Å². The minimum absolute atomic E-state index is 0.251. The molecule has 0 spiro atoms. The number of carboxylic acids is 1. The van der Waals surface area contributed by atoms with Crippen molar-refractivity contribution in [2.75, 3.05) is 6.54 Å². The van der Waals surface area contributed by atoms with Crippen LogP contribution in [0.25, 0.3) is 0 Å². The molecule has 0 bridgehead atoms. The molecule has 0 saturated heterocycles. The molecule has 0 aromatic carbocycles. The molecule has 3 nitrogen and oxygen atoms in total. The van der Waals surface area contributed by atoms with Crippen LogP contribution in [0, 0.1) is 11.3 Å². The molecular formula is C11H23NO2. The Kier molecular flexibility index (Phi) is 5.77. The maximum atomic E-state index is 11.2. The van der Waals surface area contributed by atoms with Gasteiger partial charge in [0.1, 0.15) is 0 Å². The average molecular weight is 201 g/mol. The van der Waals surface area contributed by atoms with Crippen LogP contribution in [0.5, 0.6) is 0 Å². The van der Waals surface area contributed by atoms with E-state index in [1.165, 1.54) is 0 Å². The zero-order valence-corrected chi connectivity index (χ0v) is 9.55. The van der Waals surface area contributed by atoms with E-state index in [0.29, 0.717) is 18.8 Å². The Balaban J connectivity index is 4.57. The Morgan fingerprint density at radius 2 is 2.07 bits per heavy atom. The van der Waals surface area contributed by atoms with Crippen molar-refractivity contribution in [3.63, 3.8) is 0 Å². The second-order valence-electron chi connectivity index (χ2n) is 4.26. The summed E-state index contributed by atoms with van der Waals surface area (Å²) in [6, 6.07) is 0. The normalized spacial score (nSPS) is 17.4. The molecule has 0 fully saturated rings. The molecular weight excluding hydrogens is 178 g/mol. The Morgan fingerprint density at radius 3 is 2.36 bits per heavy atom. The molecule has 0 aromatic rings. The summed E-state index contributed by atoms with van der Waals surface area (Å²) in [4.78, 5) is 11.2. The van der Waals surface area contributed by atoms with Gasteiger partial charge in [0.15, 0.2) is 0 Å². The van der Waals surface area contributed by atoms with Crippen LogP contribution in [-0.2, 0) is 4.79 Å². The molecule has 0 radical (unpaired) electrons. The van der Waals surface area contributed by atoms with E-state index in [4.69, 9.17) is 5.73 Å². The number of rotatable bonds is 7. The van der Waals surface area contributed by atoms with Gasteiger partial charge in [0.05, 0.1) is 5.41 Å². The smallest absolute Gasteiger partial charge is 0.310 e. The Labute approximate surface area is 86.7 Å². The van der Waals surface area contributed by atoms with Crippen LogP contribution in [-0.4, -0.2) is 17.6 Å². The molecule has 3 N–H and O–H groups in total. The first-order valence-corrected chi connectivity index (χ1v) is 5.45. The van der Waals surface area contributed by atoms with E-state index >= 15 is 0 Å². The molecule has 0 saturated carbocycles. The number of aliphatic carboxylic acids is 1. The highest BCUT2D eigenvalue weighted by molar-refractivity contribution is 5.74. The third-order valence-electron chi connectivity index (χ3n) is 3.01. The predicted molar refractivity (Wildman–Crippen MR) is 58.1 cm³/mol. The van der Waals surface area contributed by atoms with Gasteiger partial charge in [-0.05, 0) is 18.8 Å². The lowest BCUT2D eigenvalue weighted by Gasteiger charge is -2.30. The van der Waals surface area contributed by atoms with Gasteiger partial charge in [-0.3, -0.25) is 4.79 Å². The van der Waals surface area contributed by atoms with Crippen LogP contribution < -0.4 is 5.73 Å². The monoisotopic (exact) mass is 201 g/mol. The Bertz CT molecular complexity index is 182. The van der Waals surface area contributed by atoms with E-state index in [0.717, 1.165) is 12.8 Å². The lowest BCUT2D eigenvalue weighted by atomic mass is 9.75. The van der Waals surface area contributed by atoms with E-state index < -0.39 is 11.4 Å². The molecule has 84 valence electrons. The van der Waals surface area contributed by atoms with Crippen LogP contribution in [0.15, 0.2) is 0 Å². The quantitative estimate of drug-likeness (QED) is 0.664. The van der Waals surface area contributed by atoms with Gasteiger partial charge in [-0.1, -0.05) is 33.6 Å².